The van der Waals surface area contributed by atoms with Crippen molar-refractivity contribution in [1.82, 2.24) is 5.32 Å². The van der Waals surface area contributed by atoms with Gasteiger partial charge in [0.15, 0.2) is 11.5 Å². The quantitative estimate of drug-likeness (QED) is 0.918. The first kappa shape index (κ1) is 16.8. The number of amides is 1. The Balaban J connectivity index is 1.30. The fourth-order valence-corrected chi connectivity index (χ4v) is 3.43. The average Bonchev–Trinajstić information content (AvgIpc) is 2.72. The molecule has 0 bridgehead atoms. The predicted molar refractivity (Wildman–Crippen MR) is 101 cm³/mol. The maximum absolute atomic E-state index is 12.4. The summed E-state index contributed by atoms with van der Waals surface area (Å²) in [7, 11) is 0. The summed E-state index contributed by atoms with van der Waals surface area (Å²) in [4.78, 5) is 14.8. The Bertz CT molecular complexity index is 754. The van der Waals surface area contributed by atoms with Crippen LogP contribution < -0.4 is 19.7 Å². The molecule has 2 aliphatic heterocycles. The Kier molecular flexibility index (Phi) is 4.95. The summed E-state index contributed by atoms with van der Waals surface area (Å²) < 4.78 is 11.3. The molecule has 2 aliphatic rings. The van der Waals surface area contributed by atoms with E-state index in [1.165, 1.54) is 24.9 Å². The van der Waals surface area contributed by atoms with Gasteiger partial charge in [-0.05, 0) is 49.1 Å². The summed E-state index contributed by atoms with van der Waals surface area (Å²) in [5.41, 5.74) is 2.34. The second-order valence-corrected chi connectivity index (χ2v) is 6.80. The van der Waals surface area contributed by atoms with E-state index in [0.29, 0.717) is 18.0 Å². The highest BCUT2D eigenvalue weighted by Gasteiger charge is 2.26. The van der Waals surface area contributed by atoms with Gasteiger partial charge in [0.1, 0.15) is 6.61 Å². The Morgan fingerprint density at radius 1 is 1.00 bits per heavy atom. The van der Waals surface area contributed by atoms with E-state index < -0.39 is 6.10 Å². The molecule has 1 fully saturated rings. The first-order chi connectivity index (χ1) is 12.8. The number of carbonyl (C=O) groups is 1. The Morgan fingerprint density at radius 3 is 2.50 bits per heavy atom. The normalized spacial score (nSPS) is 19.1. The minimum Gasteiger partial charge on any atom is -0.485 e. The molecule has 2 heterocycles. The molecule has 0 aliphatic carbocycles. The molecule has 5 nitrogen and oxygen atoms in total. The van der Waals surface area contributed by atoms with E-state index >= 15 is 0 Å². The number of rotatable bonds is 4. The van der Waals surface area contributed by atoms with E-state index in [2.05, 4.69) is 34.5 Å². The van der Waals surface area contributed by atoms with Gasteiger partial charge in [-0.3, -0.25) is 4.79 Å². The van der Waals surface area contributed by atoms with E-state index in [9.17, 15) is 4.79 Å². The third kappa shape index (κ3) is 3.77. The smallest absolute Gasteiger partial charge is 0.264 e. The van der Waals surface area contributed by atoms with Gasteiger partial charge in [0.25, 0.3) is 5.91 Å². The van der Waals surface area contributed by atoms with Crippen LogP contribution in [0.25, 0.3) is 0 Å². The number of benzene rings is 2. The fraction of sp³-hybridized carbons (Fsp3) is 0.381. The lowest BCUT2D eigenvalue weighted by Crippen LogP contribution is -2.43. The number of piperidine rings is 1. The highest BCUT2D eigenvalue weighted by Crippen LogP contribution is 2.30. The molecule has 1 saturated heterocycles. The predicted octanol–water partition coefficient (Wildman–Crippen LogP) is 3.13. The third-order valence-corrected chi connectivity index (χ3v) is 4.93. The van der Waals surface area contributed by atoms with Gasteiger partial charge in [-0.15, -0.1) is 0 Å². The van der Waals surface area contributed by atoms with Gasteiger partial charge in [-0.25, -0.2) is 0 Å². The van der Waals surface area contributed by atoms with Crippen LogP contribution in [0.3, 0.4) is 0 Å². The average molecular weight is 352 g/mol. The van der Waals surface area contributed by atoms with Crippen LogP contribution in [0.5, 0.6) is 11.5 Å². The van der Waals surface area contributed by atoms with Crippen LogP contribution in [-0.2, 0) is 11.3 Å². The molecular formula is C21H24N2O3. The van der Waals surface area contributed by atoms with Crippen molar-refractivity contribution in [1.29, 1.82) is 0 Å². The zero-order valence-electron chi connectivity index (χ0n) is 14.8. The molecule has 1 atom stereocenters. The number of carbonyl (C=O) groups excluding carboxylic acids is 1. The zero-order chi connectivity index (χ0) is 17.8. The number of para-hydroxylation sites is 2. The van der Waals surface area contributed by atoms with Gasteiger partial charge in [0.2, 0.25) is 6.10 Å². The molecule has 136 valence electrons. The first-order valence-electron chi connectivity index (χ1n) is 9.30. The minimum absolute atomic E-state index is 0.153. The maximum atomic E-state index is 12.4. The number of nitrogens with one attached hydrogen (secondary N) is 1. The number of nitrogens with zero attached hydrogens (tertiary/aromatic N) is 1. The first-order valence-corrected chi connectivity index (χ1v) is 9.30. The van der Waals surface area contributed by atoms with Crippen LogP contribution in [0.15, 0.2) is 48.5 Å². The molecule has 1 N–H and O–H groups in total. The summed E-state index contributed by atoms with van der Waals surface area (Å²) in [5.74, 6) is 1.15. The van der Waals surface area contributed by atoms with Crippen molar-refractivity contribution in [2.24, 2.45) is 0 Å². The lowest BCUT2D eigenvalue weighted by Gasteiger charge is -2.29. The number of anilines is 1. The van der Waals surface area contributed by atoms with Gasteiger partial charge < -0.3 is 19.7 Å². The van der Waals surface area contributed by atoms with Gasteiger partial charge in [0.05, 0.1) is 0 Å². The highest BCUT2D eigenvalue weighted by molar-refractivity contribution is 5.81. The molecule has 0 aromatic heterocycles. The van der Waals surface area contributed by atoms with Gasteiger partial charge in [0, 0.05) is 25.3 Å². The Morgan fingerprint density at radius 2 is 1.73 bits per heavy atom. The van der Waals surface area contributed by atoms with Crippen LogP contribution in [0.4, 0.5) is 5.69 Å². The lowest BCUT2D eigenvalue weighted by molar-refractivity contribution is -0.130. The van der Waals surface area contributed by atoms with Crippen LogP contribution >= 0.6 is 0 Å². The summed E-state index contributed by atoms with van der Waals surface area (Å²) in [5, 5.41) is 2.94. The van der Waals surface area contributed by atoms with Crippen LogP contribution in [0.2, 0.25) is 0 Å². The zero-order valence-corrected chi connectivity index (χ0v) is 14.8. The monoisotopic (exact) mass is 352 g/mol. The van der Waals surface area contributed by atoms with Gasteiger partial charge in [-0.1, -0.05) is 24.3 Å². The highest BCUT2D eigenvalue weighted by atomic mass is 16.6. The van der Waals surface area contributed by atoms with E-state index in [4.69, 9.17) is 9.47 Å². The number of fused-ring (bicyclic) bond motifs is 1. The van der Waals surface area contributed by atoms with Gasteiger partial charge >= 0.3 is 0 Å². The summed E-state index contributed by atoms with van der Waals surface area (Å²) in [6, 6.07) is 15.9. The Labute approximate surface area is 153 Å². The van der Waals surface area contributed by atoms with Crippen molar-refractivity contribution < 1.29 is 14.3 Å². The van der Waals surface area contributed by atoms with E-state index in [1.807, 2.05) is 24.3 Å². The van der Waals surface area contributed by atoms with Crippen molar-refractivity contribution in [2.45, 2.75) is 31.9 Å². The number of ether oxygens (including phenoxy) is 2. The molecular weight excluding hydrogens is 328 g/mol. The minimum atomic E-state index is -0.613. The van der Waals surface area contributed by atoms with Crippen molar-refractivity contribution in [3.05, 3.63) is 54.1 Å². The van der Waals surface area contributed by atoms with E-state index in [1.54, 1.807) is 0 Å². The molecule has 4 rings (SSSR count). The molecule has 2 aromatic carbocycles. The van der Waals surface area contributed by atoms with E-state index in [0.717, 1.165) is 18.7 Å². The van der Waals surface area contributed by atoms with Crippen molar-refractivity contribution in [2.75, 3.05) is 24.6 Å². The van der Waals surface area contributed by atoms with E-state index in [-0.39, 0.29) is 12.5 Å². The molecule has 2 aromatic rings. The second-order valence-electron chi connectivity index (χ2n) is 6.80. The maximum Gasteiger partial charge on any atom is 0.264 e. The van der Waals surface area contributed by atoms with Gasteiger partial charge in [-0.2, -0.15) is 0 Å². The SMILES string of the molecule is O=C(NCc1ccc(N2CCCCC2)cc1)C1COc2ccccc2O1. The van der Waals surface area contributed by atoms with Crippen molar-refractivity contribution in [3.8, 4) is 11.5 Å². The molecule has 0 spiro atoms. The van der Waals surface area contributed by atoms with Crippen molar-refractivity contribution >= 4 is 11.6 Å². The lowest BCUT2D eigenvalue weighted by atomic mass is 10.1. The van der Waals surface area contributed by atoms with Crippen LogP contribution in [-0.4, -0.2) is 31.7 Å². The van der Waals surface area contributed by atoms with Crippen LogP contribution in [0, 0.1) is 0 Å². The number of hydrogen-bond acceptors (Lipinski definition) is 4. The molecule has 5 heteroatoms. The second kappa shape index (κ2) is 7.68. The molecule has 26 heavy (non-hydrogen) atoms. The topological polar surface area (TPSA) is 50.8 Å². The Hall–Kier alpha value is -2.69. The standard InChI is InChI=1S/C21H24N2O3/c24-21(20-15-25-18-6-2-3-7-19(18)26-20)22-14-16-8-10-17(11-9-16)23-12-4-1-5-13-23/h2-3,6-11,20H,1,4-5,12-15H2,(H,22,24). The summed E-state index contributed by atoms with van der Waals surface area (Å²) >= 11 is 0. The molecule has 1 amide bonds. The fourth-order valence-electron chi connectivity index (χ4n) is 3.43. The summed E-state index contributed by atoms with van der Waals surface area (Å²) in [6.07, 6.45) is 3.25. The largest absolute Gasteiger partial charge is 0.485 e. The van der Waals surface area contributed by atoms with Crippen LogP contribution in [0.1, 0.15) is 24.8 Å². The third-order valence-electron chi connectivity index (χ3n) is 4.93. The number of hydrogen-bond donors (Lipinski definition) is 1. The van der Waals surface area contributed by atoms with Crippen molar-refractivity contribution in [3.63, 3.8) is 0 Å². The molecule has 0 radical (unpaired) electrons. The molecule has 0 saturated carbocycles. The molecule has 1 unspecified atom stereocenters. The summed E-state index contributed by atoms with van der Waals surface area (Å²) in [6.45, 7) is 2.99.